The smallest absolute Gasteiger partial charge is 0.237 e. The van der Waals surface area contributed by atoms with Gasteiger partial charge < -0.3 is 10.5 Å². The van der Waals surface area contributed by atoms with E-state index in [0.717, 1.165) is 32.2 Å². The molecule has 2 N–H and O–H groups in total. The number of fused-ring (bicyclic) bond motifs is 2. The third-order valence-electron chi connectivity index (χ3n) is 6.26. The molecule has 0 aliphatic carbocycles. The fourth-order valence-electron chi connectivity index (χ4n) is 4.68. The van der Waals surface area contributed by atoms with Crippen molar-refractivity contribution in [2.75, 3.05) is 52.6 Å². The van der Waals surface area contributed by atoms with Crippen LogP contribution in [-0.2, 0) is 19.6 Å². The van der Waals surface area contributed by atoms with Crippen molar-refractivity contribution in [3.63, 3.8) is 0 Å². The third-order valence-corrected chi connectivity index (χ3v) is 7.56. The molecule has 9 heteroatoms. The Morgan fingerprint density at radius 3 is 2.58 bits per heavy atom. The summed E-state index contributed by atoms with van der Waals surface area (Å²) in [5, 5.41) is 0. The number of primary amides is 1. The van der Waals surface area contributed by atoms with Crippen LogP contribution < -0.4 is 5.73 Å². The zero-order chi connectivity index (χ0) is 18.9. The third kappa shape index (κ3) is 3.91. The lowest BCUT2D eigenvalue weighted by atomic mass is 9.87. The van der Waals surface area contributed by atoms with Gasteiger partial charge in [-0.2, -0.15) is 4.31 Å². The van der Waals surface area contributed by atoms with E-state index in [1.807, 2.05) is 0 Å². The first-order chi connectivity index (χ1) is 12.3. The number of carbonyl (C=O) groups excluding carboxylic acids is 1. The molecule has 0 saturated carbocycles. The predicted octanol–water partition coefficient (Wildman–Crippen LogP) is -0.735. The SMILES string of the molecule is COC(CN1CCN(S(C)(=O)=O)CC1)CN1[C@@H]2C[CH]C[C@@]1(C(N)=O)CC2. The lowest BCUT2D eigenvalue weighted by molar-refractivity contribution is -0.132. The summed E-state index contributed by atoms with van der Waals surface area (Å²) in [4.78, 5) is 16.7. The second kappa shape index (κ2) is 7.71. The average molecular weight is 388 g/mol. The van der Waals surface area contributed by atoms with Crippen molar-refractivity contribution in [3.05, 3.63) is 6.42 Å². The summed E-state index contributed by atoms with van der Waals surface area (Å²) in [7, 11) is -1.42. The van der Waals surface area contributed by atoms with Crippen molar-refractivity contribution in [3.8, 4) is 0 Å². The molecule has 3 saturated heterocycles. The van der Waals surface area contributed by atoms with Crippen molar-refractivity contribution in [1.29, 1.82) is 0 Å². The van der Waals surface area contributed by atoms with E-state index in [-0.39, 0.29) is 12.0 Å². The molecule has 1 radical (unpaired) electrons. The van der Waals surface area contributed by atoms with E-state index >= 15 is 0 Å². The number of ether oxygens (including phenoxy) is 1. The van der Waals surface area contributed by atoms with Crippen LogP contribution in [0.15, 0.2) is 0 Å². The highest BCUT2D eigenvalue weighted by atomic mass is 32.2. The van der Waals surface area contributed by atoms with E-state index < -0.39 is 15.6 Å². The van der Waals surface area contributed by atoms with Gasteiger partial charge in [-0.1, -0.05) is 0 Å². The molecule has 8 nitrogen and oxygen atoms in total. The summed E-state index contributed by atoms with van der Waals surface area (Å²) >= 11 is 0. The van der Waals surface area contributed by atoms with E-state index in [1.54, 1.807) is 7.11 Å². The molecule has 0 aromatic rings. The Morgan fingerprint density at radius 1 is 1.31 bits per heavy atom. The average Bonchev–Trinajstić information content (AvgIpc) is 2.79. The fraction of sp³-hybridized carbons (Fsp3) is 0.882. The Hall–Kier alpha value is -0.740. The molecule has 3 rings (SSSR count). The summed E-state index contributed by atoms with van der Waals surface area (Å²) in [6, 6.07) is 0.371. The Labute approximate surface area is 156 Å². The van der Waals surface area contributed by atoms with Gasteiger partial charge in [-0.25, -0.2) is 8.42 Å². The van der Waals surface area contributed by atoms with E-state index in [2.05, 4.69) is 16.2 Å². The molecule has 26 heavy (non-hydrogen) atoms. The highest BCUT2D eigenvalue weighted by Crippen LogP contribution is 2.43. The Morgan fingerprint density at radius 2 is 2.00 bits per heavy atom. The second-order valence-electron chi connectivity index (χ2n) is 7.79. The molecule has 3 aliphatic rings. The van der Waals surface area contributed by atoms with Gasteiger partial charge in [-0.05, 0) is 32.1 Å². The lowest BCUT2D eigenvalue weighted by Crippen LogP contribution is -2.61. The summed E-state index contributed by atoms with van der Waals surface area (Å²) in [6.07, 6.45) is 6.98. The normalized spacial score (nSPS) is 32.6. The minimum Gasteiger partial charge on any atom is -0.379 e. The molecule has 1 unspecified atom stereocenters. The maximum atomic E-state index is 12.2. The number of sulfonamides is 1. The highest BCUT2D eigenvalue weighted by molar-refractivity contribution is 7.88. The van der Waals surface area contributed by atoms with Gasteiger partial charge in [0.1, 0.15) is 5.54 Å². The van der Waals surface area contributed by atoms with Gasteiger partial charge in [0.15, 0.2) is 0 Å². The molecule has 149 valence electrons. The van der Waals surface area contributed by atoms with Gasteiger partial charge in [0.25, 0.3) is 0 Å². The lowest BCUT2D eigenvalue weighted by Gasteiger charge is -2.44. The minimum absolute atomic E-state index is 0.0304. The molecule has 3 atom stereocenters. The summed E-state index contributed by atoms with van der Waals surface area (Å²) in [6.45, 7) is 3.85. The molecule has 3 fully saturated rings. The summed E-state index contributed by atoms with van der Waals surface area (Å²) < 4.78 is 30.5. The molecular weight excluding hydrogens is 356 g/mol. The molecule has 0 aromatic carbocycles. The first kappa shape index (κ1) is 20.0. The van der Waals surface area contributed by atoms with Gasteiger partial charge in [0.2, 0.25) is 15.9 Å². The molecule has 3 heterocycles. The van der Waals surface area contributed by atoms with Crippen LogP contribution in [0.3, 0.4) is 0 Å². The van der Waals surface area contributed by atoms with Gasteiger partial charge in [0, 0.05) is 52.4 Å². The number of hydrogen-bond donors (Lipinski definition) is 1. The van der Waals surface area contributed by atoms with E-state index in [9.17, 15) is 13.2 Å². The van der Waals surface area contributed by atoms with Crippen molar-refractivity contribution in [2.45, 2.75) is 43.4 Å². The Balaban J connectivity index is 1.59. The van der Waals surface area contributed by atoms with Crippen molar-refractivity contribution >= 4 is 15.9 Å². The molecular formula is C17H31N4O4S. The predicted molar refractivity (Wildman–Crippen MR) is 98.8 cm³/mol. The van der Waals surface area contributed by atoms with Crippen LogP contribution in [0.1, 0.15) is 25.7 Å². The second-order valence-corrected chi connectivity index (χ2v) is 9.77. The molecule has 0 spiro atoms. The van der Waals surface area contributed by atoms with Crippen molar-refractivity contribution < 1.29 is 17.9 Å². The van der Waals surface area contributed by atoms with E-state index in [4.69, 9.17) is 10.5 Å². The number of nitrogens with two attached hydrogens (primary N) is 1. The molecule has 0 aromatic heterocycles. The maximum absolute atomic E-state index is 12.2. The van der Waals surface area contributed by atoms with Gasteiger partial charge in [-0.3, -0.25) is 14.6 Å². The first-order valence-electron chi connectivity index (χ1n) is 9.35. The fourth-order valence-corrected chi connectivity index (χ4v) is 5.51. The monoisotopic (exact) mass is 387 g/mol. The van der Waals surface area contributed by atoms with Crippen LogP contribution in [0.5, 0.6) is 0 Å². The number of piperazine rings is 1. The zero-order valence-corrected chi connectivity index (χ0v) is 16.6. The first-order valence-corrected chi connectivity index (χ1v) is 11.2. The van der Waals surface area contributed by atoms with Crippen molar-refractivity contribution in [2.24, 2.45) is 5.73 Å². The number of piperidine rings is 1. The quantitative estimate of drug-likeness (QED) is 0.618. The molecule has 1 amide bonds. The number of carbonyl (C=O) groups is 1. The van der Waals surface area contributed by atoms with Crippen molar-refractivity contribution in [1.82, 2.24) is 14.1 Å². The summed E-state index contributed by atoms with van der Waals surface area (Å²) in [5.74, 6) is -0.229. The summed E-state index contributed by atoms with van der Waals surface area (Å²) in [5.41, 5.74) is 5.23. The number of methoxy groups -OCH3 is 1. The Bertz CT molecular complexity index is 616. The van der Waals surface area contributed by atoms with E-state index in [1.165, 1.54) is 10.6 Å². The van der Waals surface area contributed by atoms with Crippen LogP contribution in [0.25, 0.3) is 0 Å². The van der Waals surface area contributed by atoms with Crippen LogP contribution in [0.4, 0.5) is 0 Å². The number of hydrogen-bond acceptors (Lipinski definition) is 6. The van der Waals surface area contributed by atoms with Gasteiger partial charge in [0.05, 0.1) is 12.4 Å². The van der Waals surface area contributed by atoms with E-state index in [0.29, 0.717) is 38.8 Å². The zero-order valence-electron chi connectivity index (χ0n) is 15.8. The largest absolute Gasteiger partial charge is 0.379 e. The topological polar surface area (TPSA) is 96.2 Å². The highest BCUT2D eigenvalue weighted by Gasteiger charge is 2.53. The van der Waals surface area contributed by atoms with Gasteiger partial charge >= 0.3 is 0 Å². The number of nitrogens with zero attached hydrogens (tertiary/aromatic N) is 3. The van der Waals surface area contributed by atoms with Crippen LogP contribution in [0.2, 0.25) is 0 Å². The minimum atomic E-state index is -3.12. The number of amides is 1. The standard InChI is InChI=1S/C17H31N4O4S/c1-25-15(12-19-8-10-20(11-9-19)26(2,23)24)13-21-14-4-3-6-17(21,7-5-14)16(18)22/h3,14-15H,4-13H2,1-2H3,(H2,18,22)/t14-,15?,17+/m1/s1. The van der Waals surface area contributed by atoms with Crippen LogP contribution >= 0.6 is 0 Å². The maximum Gasteiger partial charge on any atom is 0.237 e. The van der Waals surface area contributed by atoms with Crippen LogP contribution in [0, 0.1) is 6.42 Å². The van der Waals surface area contributed by atoms with Crippen LogP contribution in [-0.4, -0.2) is 98.7 Å². The molecule has 2 bridgehead atoms. The van der Waals surface area contributed by atoms with Gasteiger partial charge in [-0.15, -0.1) is 0 Å². The molecule has 3 aliphatic heterocycles. The number of rotatable bonds is 7. The Kier molecular flexibility index (Phi) is 5.93.